The molecule has 0 bridgehead atoms. The van der Waals surface area contributed by atoms with Gasteiger partial charge in [-0.05, 0) is 24.3 Å². The SMILES string of the molecule is CCS(=O)(=O)c1ccc(Oc2cc3[nH]c(-c4cnccn4)nc3cc2Oc2c(F)cccc2C#N)cn1. The molecule has 0 unspecified atom stereocenters. The lowest BCUT2D eigenvalue weighted by Gasteiger charge is -2.14. The summed E-state index contributed by atoms with van der Waals surface area (Å²) in [6.07, 6.45) is 5.87. The number of hydrogen-bond acceptors (Lipinski definition) is 9. The van der Waals surface area contributed by atoms with Crippen LogP contribution in [0.2, 0.25) is 0 Å². The van der Waals surface area contributed by atoms with Gasteiger partial charge in [-0.2, -0.15) is 5.26 Å². The molecule has 0 aliphatic rings. The Bertz CT molecular complexity index is 1750. The number of H-pyrrole nitrogens is 1. The average molecular weight is 517 g/mol. The minimum absolute atomic E-state index is 0.0101. The van der Waals surface area contributed by atoms with Gasteiger partial charge in [0.25, 0.3) is 0 Å². The number of halogens is 1. The van der Waals surface area contributed by atoms with Crippen molar-refractivity contribution < 1.29 is 22.3 Å². The van der Waals surface area contributed by atoms with Crippen molar-refractivity contribution >= 4 is 20.9 Å². The maximum atomic E-state index is 14.6. The second-order valence-corrected chi connectivity index (χ2v) is 9.89. The van der Waals surface area contributed by atoms with Crippen LogP contribution in [0.15, 0.2) is 72.3 Å². The molecule has 0 fully saturated rings. The first kappa shape index (κ1) is 23.8. The quantitative estimate of drug-likeness (QED) is 0.322. The van der Waals surface area contributed by atoms with E-state index in [0.717, 1.165) is 0 Å². The summed E-state index contributed by atoms with van der Waals surface area (Å²) in [5.41, 5.74) is 1.50. The summed E-state index contributed by atoms with van der Waals surface area (Å²) in [6, 6.07) is 11.8. The van der Waals surface area contributed by atoms with E-state index in [-0.39, 0.29) is 39.3 Å². The molecule has 0 radical (unpaired) electrons. The van der Waals surface area contributed by atoms with Crippen LogP contribution in [0.1, 0.15) is 12.5 Å². The molecule has 0 saturated heterocycles. The fraction of sp³-hybridized carbons (Fsp3) is 0.0800. The molecule has 0 spiro atoms. The predicted molar refractivity (Wildman–Crippen MR) is 130 cm³/mol. The largest absolute Gasteiger partial charge is 0.452 e. The molecule has 184 valence electrons. The first-order valence-electron chi connectivity index (χ1n) is 10.9. The number of sulfone groups is 1. The Kier molecular flexibility index (Phi) is 6.21. The minimum Gasteiger partial charge on any atom is -0.452 e. The third-order valence-electron chi connectivity index (χ3n) is 5.29. The number of ether oxygens (including phenoxy) is 2. The van der Waals surface area contributed by atoms with Gasteiger partial charge in [-0.25, -0.2) is 27.8 Å². The number of rotatable bonds is 7. The lowest BCUT2D eigenvalue weighted by Crippen LogP contribution is -2.05. The molecule has 0 amide bonds. The Hall–Kier alpha value is -4.89. The predicted octanol–water partition coefficient (Wildman–Crippen LogP) is 4.80. The van der Waals surface area contributed by atoms with Crippen LogP contribution >= 0.6 is 0 Å². The molecule has 37 heavy (non-hydrogen) atoms. The van der Waals surface area contributed by atoms with Crippen LogP contribution in [0.5, 0.6) is 23.0 Å². The number of hydrogen-bond donors (Lipinski definition) is 1. The summed E-state index contributed by atoms with van der Waals surface area (Å²) in [5, 5.41) is 9.34. The summed E-state index contributed by atoms with van der Waals surface area (Å²) in [7, 11) is -3.49. The van der Waals surface area contributed by atoms with Crippen molar-refractivity contribution in [1.29, 1.82) is 5.26 Å². The maximum Gasteiger partial charge on any atom is 0.195 e. The zero-order valence-electron chi connectivity index (χ0n) is 19.2. The Balaban J connectivity index is 1.59. The Morgan fingerprint density at radius 1 is 1.05 bits per heavy atom. The van der Waals surface area contributed by atoms with Gasteiger partial charge in [0.2, 0.25) is 0 Å². The summed E-state index contributed by atoms with van der Waals surface area (Å²) >= 11 is 0. The van der Waals surface area contributed by atoms with Gasteiger partial charge in [-0.15, -0.1) is 0 Å². The number of nitrogens with zero attached hydrogens (tertiary/aromatic N) is 5. The lowest BCUT2D eigenvalue weighted by molar-refractivity contribution is 0.401. The normalized spacial score (nSPS) is 11.3. The fourth-order valence-electron chi connectivity index (χ4n) is 3.42. The standard InChI is InChI=1S/C25H17FN6O4S/c1-2-37(33,34)23-7-6-16(13-30-23)35-21-10-18-19(32-25(31-18)20-14-28-8-9-29-20)11-22(21)36-24-15(12-27)4-3-5-17(24)26/h3-11,13-14H,2H2,1H3,(H,31,32). The van der Waals surface area contributed by atoms with Crippen molar-refractivity contribution in [2.45, 2.75) is 11.9 Å². The molecule has 5 aromatic rings. The summed E-state index contributed by atoms with van der Waals surface area (Å²) in [5.74, 6) is -0.247. The fourth-order valence-corrected chi connectivity index (χ4v) is 4.20. The smallest absolute Gasteiger partial charge is 0.195 e. The highest BCUT2D eigenvalue weighted by atomic mass is 32.2. The zero-order valence-corrected chi connectivity index (χ0v) is 20.0. The number of fused-ring (bicyclic) bond motifs is 1. The van der Waals surface area contributed by atoms with E-state index in [9.17, 15) is 18.1 Å². The Morgan fingerprint density at radius 3 is 2.59 bits per heavy atom. The molecule has 10 nitrogen and oxygen atoms in total. The van der Waals surface area contributed by atoms with Crippen molar-refractivity contribution in [2.75, 3.05) is 5.75 Å². The first-order chi connectivity index (χ1) is 17.9. The second-order valence-electron chi connectivity index (χ2n) is 7.66. The number of para-hydroxylation sites is 1. The van der Waals surface area contributed by atoms with E-state index in [4.69, 9.17) is 9.47 Å². The molecule has 0 atom stereocenters. The molecular formula is C25H17FN6O4S. The van der Waals surface area contributed by atoms with Crippen LogP contribution in [0.3, 0.4) is 0 Å². The monoisotopic (exact) mass is 516 g/mol. The van der Waals surface area contributed by atoms with E-state index in [0.29, 0.717) is 22.6 Å². The number of imidazole rings is 1. The third-order valence-corrected chi connectivity index (χ3v) is 6.93. The number of nitrogens with one attached hydrogen (secondary N) is 1. The zero-order chi connectivity index (χ0) is 26.0. The number of aromatic nitrogens is 5. The summed E-state index contributed by atoms with van der Waals surface area (Å²) in [6.45, 7) is 1.53. The van der Waals surface area contributed by atoms with Gasteiger partial charge < -0.3 is 14.5 Å². The van der Waals surface area contributed by atoms with E-state index in [1.54, 1.807) is 12.3 Å². The van der Waals surface area contributed by atoms with Crippen molar-refractivity contribution in [3.05, 3.63) is 78.6 Å². The van der Waals surface area contributed by atoms with Gasteiger partial charge in [0, 0.05) is 24.5 Å². The van der Waals surface area contributed by atoms with Crippen molar-refractivity contribution in [1.82, 2.24) is 24.9 Å². The molecule has 1 N–H and O–H groups in total. The Labute approximate surface area is 210 Å². The van der Waals surface area contributed by atoms with Crippen molar-refractivity contribution in [3.63, 3.8) is 0 Å². The van der Waals surface area contributed by atoms with Crippen LogP contribution in [-0.2, 0) is 9.84 Å². The van der Waals surface area contributed by atoms with E-state index in [2.05, 4.69) is 24.9 Å². The van der Waals surface area contributed by atoms with Crippen LogP contribution in [-0.4, -0.2) is 39.1 Å². The van der Waals surface area contributed by atoms with Crippen LogP contribution in [0.25, 0.3) is 22.6 Å². The number of nitriles is 1. The molecule has 0 aliphatic heterocycles. The molecule has 3 heterocycles. The summed E-state index contributed by atoms with van der Waals surface area (Å²) in [4.78, 5) is 19.9. The van der Waals surface area contributed by atoms with Crippen LogP contribution in [0, 0.1) is 17.1 Å². The van der Waals surface area contributed by atoms with Gasteiger partial charge in [-0.1, -0.05) is 13.0 Å². The lowest BCUT2D eigenvalue weighted by atomic mass is 10.2. The van der Waals surface area contributed by atoms with Gasteiger partial charge >= 0.3 is 0 Å². The second kappa shape index (κ2) is 9.63. The highest BCUT2D eigenvalue weighted by molar-refractivity contribution is 7.91. The molecule has 2 aromatic carbocycles. The average Bonchev–Trinajstić information content (AvgIpc) is 3.33. The molecular weight excluding hydrogens is 499 g/mol. The van der Waals surface area contributed by atoms with E-state index in [1.165, 1.54) is 61.9 Å². The van der Waals surface area contributed by atoms with Crippen molar-refractivity contribution in [3.8, 4) is 40.6 Å². The number of benzene rings is 2. The maximum absolute atomic E-state index is 14.6. The molecule has 3 aromatic heterocycles. The third kappa shape index (κ3) is 4.80. The highest BCUT2D eigenvalue weighted by Gasteiger charge is 2.19. The van der Waals surface area contributed by atoms with Crippen LogP contribution in [0.4, 0.5) is 4.39 Å². The number of pyridine rings is 1. The van der Waals surface area contributed by atoms with Gasteiger partial charge in [-0.3, -0.25) is 4.98 Å². The van der Waals surface area contributed by atoms with E-state index in [1.807, 2.05) is 6.07 Å². The van der Waals surface area contributed by atoms with E-state index < -0.39 is 15.7 Å². The van der Waals surface area contributed by atoms with Gasteiger partial charge in [0.15, 0.2) is 43.8 Å². The number of aromatic amines is 1. The van der Waals surface area contributed by atoms with Gasteiger partial charge in [0.05, 0.1) is 34.7 Å². The van der Waals surface area contributed by atoms with Crippen molar-refractivity contribution in [2.24, 2.45) is 0 Å². The minimum atomic E-state index is -3.49. The van der Waals surface area contributed by atoms with Gasteiger partial charge in [0.1, 0.15) is 17.5 Å². The molecule has 5 rings (SSSR count). The highest BCUT2D eigenvalue weighted by Crippen LogP contribution is 2.40. The first-order valence-corrected chi connectivity index (χ1v) is 12.6. The molecule has 0 saturated carbocycles. The Morgan fingerprint density at radius 2 is 1.89 bits per heavy atom. The van der Waals surface area contributed by atoms with Crippen LogP contribution < -0.4 is 9.47 Å². The topological polar surface area (TPSA) is 144 Å². The van der Waals surface area contributed by atoms with E-state index >= 15 is 0 Å². The molecule has 12 heteroatoms. The summed E-state index contributed by atoms with van der Waals surface area (Å²) < 4.78 is 50.5. The molecule has 0 aliphatic carbocycles.